The first-order valence-corrected chi connectivity index (χ1v) is 7.87. The van der Waals surface area contributed by atoms with Crippen molar-refractivity contribution in [3.05, 3.63) is 5.82 Å². The molecule has 1 fully saturated rings. The molecular formula is C9H13N5O4S2. The molecular weight excluding hydrogens is 306 g/mol. The van der Waals surface area contributed by atoms with Gasteiger partial charge in [0.1, 0.15) is 0 Å². The van der Waals surface area contributed by atoms with E-state index in [1.54, 1.807) is 6.92 Å². The summed E-state index contributed by atoms with van der Waals surface area (Å²) in [6.45, 7) is 1.76. The van der Waals surface area contributed by atoms with Gasteiger partial charge in [0, 0.05) is 0 Å². The van der Waals surface area contributed by atoms with Crippen LogP contribution in [0.2, 0.25) is 0 Å². The summed E-state index contributed by atoms with van der Waals surface area (Å²) in [6, 6.07) is 0. The zero-order valence-electron chi connectivity index (χ0n) is 10.5. The van der Waals surface area contributed by atoms with Gasteiger partial charge >= 0.3 is 5.97 Å². The summed E-state index contributed by atoms with van der Waals surface area (Å²) in [5, 5.41) is 20.2. The van der Waals surface area contributed by atoms with Crippen molar-refractivity contribution in [1.82, 2.24) is 20.5 Å². The highest BCUT2D eigenvalue weighted by Crippen LogP contribution is 2.22. The highest BCUT2D eigenvalue weighted by molar-refractivity contribution is 7.91. The fourth-order valence-electron chi connectivity index (χ4n) is 1.93. The zero-order valence-corrected chi connectivity index (χ0v) is 12.1. The highest BCUT2D eigenvalue weighted by Gasteiger charge is 2.38. The molecule has 1 aromatic rings. The molecule has 1 atom stereocenters. The lowest BCUT2D eigenvalue weighted by atomic mass is 10.0. The first-order chi connectivity index (χ1) is 9.19. The Hall–Kier alpha value is -1.75. The minimum absolute atomic E-state index is 0.00378. The van der Waals surface area contributed by atoms with Crippen LogP contribution in [0.25, 0.3) is 0 Å². The summed E-state index contributed by atoms with van der Waals surface area (Å²) in [5.74, 6) is -1.44. The molecule has 1 aromatic heterocycles. The van der Waals surface area contributed by atoms with E-state index < -0.39 is 21.3 Å². The van der Waals surface area contributed by atoms with Crippen LogP contribution in [0.4, 0.5) is 5.95 Å². The van der Waals surface area contributed by atoms with Crippen molar-refractivity contribution in [3.63, 3.8) is 0 Å². The fourth-order valence-corrected chi connectivity index (χ4v) is 4.36. The number of aromatic amines is 1. The Kier molecular flexibility index (Phi) is 3.65. The number of nitrogens with zero attached hydrogens (tertiary/aromatic N) is 2. The minimum atomic E-state index is -3.04. The number of carboxylic acid groups (broad SMARTS) is 1. The molecule has 0 radical (unpaired) electrons. The van der Waals surface area contributed by atoms with E-state index in [2.05, 4.69) is 25.8 Å². The predicted octanol–water partition coefficient (Wildman–Crippen LogP) is -0.634. The smallest absolute Gasteiger partial charge is 0.373 e. The van der Waals surface area contributed by atoms with Crippen molar-refractivity contribution in [2.24, 2.45) is 0 Å². The number of hydrogen-bond donors (Lipinski definition) is 4. The lowest BCUT2D eigenvalue weighted by molar-refractivity contribution is 0.0684. The van der Waals surface area contributed by atoms with Crippen LogP contribution in [-0.4, -0.2) is 56.8 Å². The Labute approximate surface area is 120 Å². The second-order valence-electron chi connectivity index (χ2n) is 4.79. The molecule has 2 rings (SSSR count). The van der Waals surface area contributed by atoms with Crippen molar-refractivity contribution in [3.8, 4) is 0 Å². The van der Waals surface area contributed by atoms with Crippen LogP contribution in [-0.2, 0) is 9.84 Å². The molecule has 0 saturated carbocycles. The molecule has 1 aliphatic rings. The Balaban J connectivity index is 1.97. The van der Waals surface area contributed by atoms with E-state index in [0.29, 0.717) is 6.42 Å². The number of nitrogens with one attached hydrogen (secondary N) is 3. The minimum Gasteiger partial charge on any atom is -0.475 e. The Morgan fingerprint density at radius 1 is 1.55 bits per heavy atom. The molecule has 0 unspecified atom stereocenters. The zero-order chi connectivity index (χ0) is 15.0. The number of aromatic carboxylic acids is 1. The number of sulfone groups is 1. The molecule has 0 aliphatic carbocycles. The summed E-state index contributed by atoms with van der Waals surface area (Å²) in [4.78, 5) is 14.3. The van der Waals surface area contributed by atoms with Gasteiger partial charge in [0.2, 0.25) is 11.8 Å². The molecule has 11 heteroatoms. The number of hydrogen-bond acceptors (Lipinski definition) is 6. The van der Waals surface area contributed by atoms with Crippen LogP contribution in [0, 0.1) is 0 Å². The molecule has 0 bridgehead atoms. The lowest BCUT2D eigenvalue weighted by Gasteiger charge is -2.25. The molecule has 110 valence electrons. The van der Waals surface area contributed by atoms with Crippen LogP contribution in [0.1, 0.15) is 24.0 Å². The van der Waals surface area contributed by atoms with Crippen molar-refractivity contribution in [2.75, 3.05) is 16.8 Å². The number of rotatable bonds is 3. The normalized spacial score (nSPS) is 24.2. The second-order valence-corrected chi connectivity index (χ2v) is 7.39. The van der Waals surface area contributed by atoms with E-state index >= 15 is 0 Å². The van der Waals surface area contributed by atoms with Gasteiger partial charge in [-0.3, -0.25) is 10.4 Å². The maximum absolute atomic E-state index is 11.5. The Bertz CT molecular complexity index is 655. The number of thiocarbonyl (C=S) groups is 1. The van der Waals surface area contributed by atoms with Gasteiger partial charge in [-0.15, -0.1) is 5.10 Å². The van der Waals surface area contributed by atoms with Crippen LogP contribution < -0.4 is 10.6 Å². The Morgan fingerprint density at radius 2 is 2.25 bits per heavy atom. The first kappa shape index (κ1) is 14.7. The quantitative estimate of drug-likeness (QED) is 0.536. The van der Waals surface area contributed by atoms with Crippen molar-refractivity contribution in [2.45, 2.75) is 18.9 Å². The lowest BCUT2D eigenvalue weighted by Crippen LogP contribution is -2.48. The van der Waals surface area contributed by atoms with E-state index in [1.165, 1.54) is 0 Å². The third kappa shape index (κ3) is 3.42. The van der Waals surface area contributed by atoms with Gasteiger partial charge in [-0.05, 0) is 25.6 Å². The van der Waals surface area contributed by atoms with Gasteiger partial charge in [0.15, 0.2) is 14.9 Å². The van der Waals surface area contributed by atoms with Crippen LogP contribution in [0.15, 0.2) is 0 Å². The summed E-state index contributed by atoms with van der Waals surface area (Å²) in [7, 11) is -3.04. The van der Waals surface area contributed by atoms with E-state index in [1.807, 2.05) is 0 Å². The molecule has 0 spiro atoms. The van der Waals surface area contributed by atoms with E-state index in [4.69, 9.17) is 17.3 Å². The van der Waals surface area contributed by atoms with E-state index in [0.717, 1.165) is 0 Å². The number of carbonyl (C=O) groups is 1. The monoisotopic (exact) mass is 319 g/mol. The van der Waals surface area contributed by atoms with Crippen LogP contribution >= 0.6 is 12.2 Å². The maximum Gasteiger partial charge on any atom is 0.373 e. The summed E-state index contributed by atoms with van der Waals surface area (Å²) < 4.78 is 22.9. The standard InChI is InChI=1S/C9H13N5O4S2/c1-9(2-3-20(17,18)4-9)12-8(19)11-7-10-5(6(15)16)13-14-7/h2-4H2,1H3,(H,15,16)(H3,10,11,12,13,14,19)/t9-/m0/s1. The summed E-state index contributed by atoms with van der Waals surface area (Å²) >= 11 is 5.04. The number of anilines is 1. The number of H-pyrrole nitrogens is 1. The summed E-state index contributed by atoms with van der Waals surface area (Å²) in [5.41, 5.74) is -0.644. The second kappa shape index (κ2) is 4.98. The topological polar surface area (TPSA) is 137 Å². The fraction of sp³-hybridized carbons (Fsp3) is 0.556. The molecule has 2 heterocycles. The van der Waals surface area contributed by atoms with Gasteiger partial charge in [-0.25, -0.2) is 13.2 Å². The van der Waals surface area contributed by atoms with Gasteiger partial charge in [-0.2, -0.15) is 4.98 Å². The van der Waals surface area contributed by atoms with Gasteiger partial charge in [-0.1, -0.05) is 0 Å². The maximum atomic E-state index is 11.5. The molecule has 1 aliphatic heterocycles. The largest absolute Gasteiger partial charge is 0.475 e. The third-order valence-corrected chi connectivity index (χ3v) is 4.94. The molecule has 1 saturated heterocycles. The number of aromatic nitrogens is 3. The third-order valence-electron chi connectivity index (χ3n) is 2.83. The highest BCUT2D eigenvalue weighted by atomic mass is 32.2. The molecule has 4 N–H and O–H groups in total. The summed E-state index contributed by atoms with van der Waals surface area (Å²) in [6.07, 6.45) is 0.450. The van der Waals surface area contributed by atoms with Crippen LogP contribution in [0.3, 0.4) is 0 Å². The number of carboxylic acids is 1. The molecule has 0 amide bonds. The van der Waals surface area contributed by atoms with Gasteiger partial charge < -0.3 is 10.4 Å². The van der Waals surface area contributed by atoms with Gasteiger partial charge in [0.25, 0.3) is 0 Å². The van der Waals surface area contributed by atoms with Crippen LogP contribution in [0.5, 0.6) is 0 Å². The first-order valence-electron chi connectivity index (χ1n) is 5.64. The van der Waals surface area contributed by atoms with Crippen molar-refractivity contribution in [1.29, 1.82) is 0 Å². The predicted molar refractivity (Wildman–Crippen MR) is 74.4 cm³/mol. The average Bonchev–Trinajstić information content (AvgIpc) is 2.83. The van der Waals surface area contributed by atoms with Gasteiger partial charge in [0.05, 0.1) is 17.0 Å². The molecule has 0 aromatic carbocycles. The Morgan fingerprint density at radius 3 is 2.75 bits per heavy atom. The van der Waals surface area contributed by atoms with E-state index in [9.17, 15) is 13.2 Å². The van der Waals surface area contributed by atoms with Crippen molar-refractivity contribution < 1.29 is 18.3 Å². The molecule has 20 heavy (non-hydrogen) atoms. The average molecular weight is 319 g/mol. The SMILES string of the molecule is C[C@]1(NC(=S)Nc2n[nH]c(C(=O)O)n2)CCS(=O)(=O)C1. The van der Waals surface area contributed by atoms with Crippen molar-refractivity contribution >= 4 is 39.1 Å². The molecule has 9 nitrogen and oxygen atoms in total. The van der Waals surface area contributed by atoms with E-state index in [-0.39, 0.29) is 28.4 Å².